The van der Waals surface area contributed by atoms with Crippen LogP contribution in [0.25, 0.3) is 0 Å². The number of hydrogen-bond acceptors (Lipinski definition) is 3. The summed E-state index contributed by atoms with van der Waals surface area (Å²) in [4.78, 5) is 14.4. The summed E-state index contributed by atoms with van der Waals surface area (Å²) in [6.07, 6.45) is 0.372. The van der Waals surface area contributed by atoms with Gasteiger partial charge >= 0.3 is 0 Å². The predicted molar refractivity (Wildman–Crippen MR) is 97.5 cm³/mol. The molecule has 1 amide bonds. The van der Waals surface area contributed by atoms with Crippen LogP contribution in [-0.4, -0.2) is 36.8 Å². The largest absolute Gasteiger partial charge is 0.330 e. The van der Waals surface area contributed by atoms with Crippen LogP contribution in [-0.2, 0) is 16.4 Å². The van der Waals surface area contributed by atoms with Crippen molar-refractivity contribution >= 4 is 31.7 Å². The van der Waals surface area contributed by atoms with Crippen molar-refractivity contribution < 1.29 is 17.6 Å². The van der Waals surface area contributed by atoms with Crippen molar-refractivity contribution in [1.82, 2.24) is 4.90 Å². The summed E-state index contributed by atoms with van der Waals surface area (Å²) in [5, 5.41) is 0. The van der Waals surface area contributed by atoms with Crippen LogP contribution in [0.1, 0.15) is 22.3 Å². The van der Waals surface area contributed by atoms with Crippen molar-refractivity contribution in [2.45, 2.75) is 19.0 Å². The molecule has 0 spiro atoms. The molecule has 0 aromatic heterocycles. The van der Waals surface area contributed by atoms with Crippen molar-refractivity contribution in [3.05, 3.63) is 69.9 Å². The molecule has 1 aliphatic rings. The summed E-state index contributed by atoms with van der Waals surface area (Å²) in [5.41, 5.74) is 0.810. The van der Waals surface area contributed by atoms with Crippen LogP contribution in [0.3, 0.4) is 0 Å². The Morgan fingerprint density at radius 3 is 2.60 bits per heavy atom. The van der Waals surface area contributed by atoms with Gasteiger partial charge in [0.1, 0.15) is 5.82 Å². The minimum atomic E-state index is -3.16. The lowest BCUT2D eigenvalue weighted by atomic mass is 10.1. The van der Waals surface area contributed by atoms with Crippen molar-refractivity contribution in [2.75, 3.05) is 11.5 Å². The average Bonchev–Trinajstić information content (AvgIpc) is 2.92. The van der Waals surface area contributed by atoms with Gasteiger partial charge in [-0.1, -0.05) is 40.2 Å². The Morgan fingerprint density at radius 1 is 1.20 bits per heavy atom. The van der Waals surface area contributed by atoms with E-state index in [-0.39, 0.29) is 23.6 Å². The molecule has 1 aliphatic heterocycles. The molecule has 0 bridgehead atoms. The van der Waals surface area contributed by atoms with Crippen LogP contribution < -0.4 is 0 Å². The van der Waals surface area contributed by atoms with E-state index < -0.39 is 27.6 Å². The fourth-order valence-electron chi connectivity index (χ4n) is 3.01. The summed E-state index contributed by atoms with van der Waals surface area (Å²) < 4.78 is 38.6. The molecule has 25 heavy (non-hydrogen) atoms. The highest BCUT2D eigenvalue weighted by molar-refractivity contribution is 9.10. The van der Waals surface area contributed by atoms with E-state index in [2.05, 4.69) is 15.9 Å². The standard InChI is InChI=1S/C18H17BrFNO3S/c19-14-5-3-4-13(10-14)11-21(15-8-9-25(23,24)12-15)18(22)16-6-1-2-7-17(16)20/h1-7,10,15H,8-9,11-12H2/t15-/m0/s1. The smallest absolute Gasteiger partial charge is 0.257 e. The lowest BCUT2D eigenvalue weighted by Crippen LogP contribution is -2.41. The van der Waals surface area contributed by atoms with Gasteiger partial charge in [-0.05, 0) is 36.2 Å². The molecule has 0 aliphatic carbocycles. The third-order valence-electron chi connectivity index (χ3n) is 4.26. The number of rotatable bonds is 4. The van der Waals surface area contributed by atoms with Crippen molar-refractivity contribution in [2.24, 2.45) is 0 Å². The second-order valence-corrected chi connectivity index (χ2v) is 9.24. The molecule has 1 atom stereocenters. The number of carbonyl (C=O) groups is 1. The maximum absolute atomic E-state index is 14.1. The highest BCUT2D eigenvalue weighted by Gasteiger charge is 2.35. The van der Waals surface area contributed by atoms with Crippen LogP contribution in [0.4, 0.5) is 4.39 Å². The Bertz CT molecular complexity index is 901. The van der Waals surface area contributed by atoms with Gasteiger partial charge in [0.05, 0.1) is 17.1 Å². The highest BCUT2D eigenvalue weighted by atomic mass is 79.9. The molecule has 0 unspecified atom stereocenters. The monoisotopic (exact) mass is 425 g/mol. The number of carbonyl (C=O) groups excluding carboxylic acids is 1. The number of amides is 1. The Labute approximate surface area is 154 Å². The molecular formula is C18H17BrFNO3S. The molecule has 0 saturated carbocycles. The van der Waals surface area contributed by atoms with E-state index >= 15 is 0 Å². The molecule has 1 fully saturated rings. The quantitative estimate of drug-likeness (QED) is 0.753. The minimum Gasteiger partial charge on any atom is -0.330 e. The van der Waals surface area contributed by atoms with Gasteiger partial charge in [0.25, 0.3) is 5.91 Å². The zero-order valence-corrected chi connectivity index (χ0v) is 15.8. The molecule has 1 heterocycles. The van der Waals surface area contributed by atoms with Crippen LogP contribution in [0.15, 0.2) is 53.0 Å². The molecule has 3 rings (SSSR count). The zero-order chi connectivity index (χ0) is 18.0. The van der Waals surface area contributed by atoms with Crippen LogP contribution in [0.5, 0.6) is 0 Å². The summed E-state index contributed by atoms with van der Waals surface area (Å²) in [7, 11) is -3.16. The average molecular weight is 426 g/mol. The Balaban J connectivity index is 1.94. The normalized spacial score (nSPS) is 18.9. The number of hydrogen-bond donors (Lipinski definition) is 0. The van der Waals surface area contributed by atoms with Gasteiger partial charge in [-0.3, -0.25) is 4.79 Å². The summed E-state index contributed by atoms with van der Waals surface area (Å²) in [6.45, 7) is 0.229. The lowest BCUT2D eigenvalue weighted by molar-refractivity contribution is 0.0676. The van der Waals surface area contributed by atoms with Crippen LogP contribution in [0.2, 0.25) is 0 Å². The molecule has 7 heteroatoms. The fraction of sp³-hybridized carbons (Fsp3) is 0.278. The molecule has 4 nitrogen and oxygen atoms in total. The van der Waals surface area contributed by atoms with E-state index in [9.17, 15) is 17.6 Å². The maximum Gasteiger partial charge on any atom is 0.257 e. The van der Waals surface area contributed by atoms with E-state index in [4.69, 9.17) is 0 Å². The van der Waals surface area contributed by atoms with E-state index in [0.29, 0.717) is 6.42 Å². The first-order valence-corrected chi connectivity index (χ1v) is 10.5. The number of sulfone groups is 1. The maximum atomic E-state index is 14.1. The first-order valence-electron chi connectivity index (χ1n) is 7.86. The summed E-state index contributed by atoms with van der Waals surface area (Å²) in [5.74, 6) is -1.12. The second kappa shape index (κ2) is 7.25. The van der Waals surface area contributed by atoms with E-state index in [1.165, 1.54) is 23.1 Å². The van der Waals surface area contributed by atoms with Crippen LogP contribution >= 0.6 is 15.9 Å². The highest BCUT2D eigenvalue weighted by Crippen LogP contribution is 2.24. The van der Waals surface area contributed by atoms with Gasteiger partial charge in [-0.25, -0.2) is 12.8 Å². The molecule has 0 N–H and O–H groups in total. The minimum absolute atomic E-state index is 0.0400. The topological polar surface area (TPSA) is 54.5 Å². The Morgan fingerprint density at radius 2 is 1.96 bits per heavy atom. The van der Waals surface area contributed by atoms with Gasteiger partial charge in [0, 0.05) is 17.1 Å². The van der Waals surface area contributed by atoms with Gasteiger partial charge in [0.15, 0.2) is 9.84 Å². The van der Waals surface area contributed by atoms with E-state index in [1.807, 2.05) is 24.3 Å². The lowest BCUT2D eigenvalue weighted by Gasteiger charge is -2.28. The predicted octanol–water partition coefficient (Wildman–Crippen LogP) is 3.42. The Hall–Kier alpha value is -1.73. The molecule has 2 aromatic rings. The number of nitrogens with zero attached hydrogens (tertiary/aromatic N) is 1. The van der Waals surface area contributed by atoms with Gasteiger partial charge in [-0.15, -0.1) is 0 Å². The summed E-state index contributed by atoms with van der Waals surface area (Å²) in [6, 6.07) is 12.8. The van der Waals surface area contributed by atoms with E-state index in [0.717, 1.165) is 10.0 Å². The fourth-order valence-corrected chi connectivity index (χ4v) is 5.19. The Kier molecular flexibility index (Phi) is 5.24. The van der Waals surface area contributed by atoms with E-state index in [1.54, 1.807) is 6.07 Å². The SMILES string of the molecule is O=C(c1ccccc1F)N(Cc1cccc(Br)c1)[C@H]1CCS(=O)(=O)C1. The zero-order valence-electron chi connectivity index (χ0n) is 13.4. The molecular weight excluding hydrogens is 409 g/mol. The van der Waals surface area contributed by atoms with Crippen molar-refractivity contribution in [3.8, 4) is 0 Å². The van der Waals surface area contributed by atoms with Crippen molar-refractivity contribution in [1.29, 1.82) is 0 Å². The number of benzene rings is 2. The first-order chi connectivity index (χ1) is 11.9. The third-order valence-corrected chi connectivity index (χ3v) is 6.50. The number of halogens is 2. The molecule has 132 valence electrons. The summed E-state index contributed by atoms with van der Waals surface area (Å²) >= 11 is 3.39. The van der Waals surface area contributed by atoms with Crippen LogP contribution in [0, 0.1) is 5.82 Å². The second-order valence-electron chi connectivity index (χ2n) is 6.10. The molecule has 2 aromatic carbocycles. The van der Waals surface area contributed by atoms with Crippen molar-refractivity contribution in [3.63, 3.8) is 0 Å². The first kappa shape index (κ1) is 18.1. The molecule has 0 radical (unpaired) electrons. The molecule has 1 saturated heterocycles. The third kappa shape index (κ3) is 4.27. The van der Waals surface area contributed by atoms with Gasteiger partial charge in [-0.2, -0.15) is 0 Å². The van der Waals surface area contributed by atoms with Gasteiger partial charge in [0.2, 0.25) is 0 Å². The van der Waals surface area contributed by atoms with Gasteiger partial charge < -0.3 is 4.90 Å².